The van der Waals surface area contributed by atoms with Crippen LogP contribution in [0, 0.1) is 12.8 Å². The molecule has 1 aliphatic rings. The second-order valence-electron chi connectivity index (χ2n) is 6.73. The molecule has 1 aliphatic heterocycles. The van der Waals surface area contributed by atoms with Gasteiger partial charge in [-0.05, 0) is 24.0 Å². The summed E-state index contributed by atoms with van der Waals surface area (Å²) in [6.45, 7) is 2.75. The Morgan fingerprint density at radius 1 is 1.23 bits per heavy atom. The maximum absolute atomic E-state index is 12.8. The number of para-hydroxylation sites is 2. The number of methoxy groups -OCH3 is 1. The zero-order valence-electron chi connectivity index (χ0n) is 17.2. The molecule has 1 aromatic carbocycles. The van der Waals surface area contributed by atoms with Crippen molar-refractivity contribution in [3.8, 4) is 5.75 Å². The zero-order valence-corrected chi connectivity index (χ0v) is 20.1. The third-order valence-electron chi connectivity index (χ3n) is 4.65. The molecule has 3 heterocycles. The van der Waals surface area contributed by atoms with Crippen LogP contribution in [0.2, 0.25) is 0 Å². The predicted molar refractivity (Wildman–Crippen MR) is 106 cm³/mol. The molecule has 0 radical (unpaired) electrons. The van der Waals surface area contributed by atoms with Gasteiger partial charge in [0.2, 0.25) is 0 Å². The molecule has 4 rings (SSSR count). The minimum Gasteiger partial charge on any atom is -0.493 e. The summed E-state index contributed by atoms with van der Waals surface area (Å²) in [4.78, 5) is 13.1. The van der Waals surface area contributed by atoms with Gasteiger partial charge < -0.3 is 28.9 Å². The third-order valence-corrected chi connectivity index (χ3v) is 5.77. The van der Waals surface area contributed by atoms with Crippen LogP contribution in [0.1, 0.15) is 11.3 Å². The number of hydrogen-bond donors (Lipinski definition) is 0. The van der Waals surface area contributed by atoms with E-state index in [2.05, 4.69) is 15.0 Å². The van der Waals surface area contributed by atoms with Crippen LogP contribution >= 0.6 is 0 Å². The fraction of sp³-hybridized carbons (Fsp3) is 0.400. The number of nitrogens with zero attached hydrogens (tertiary/aromatic N) is 3. The molecule has 1 unspecified atom stereocenters. The molecule has 1 fully saturated rings. The zero-order chi connectivity index (χ0) is 20.2. The number of fused-ring (bicyclic) bond motifs is 1. The van der Waals surface area contributed by atoms with Gasteiger partial charge in [0.25, 0.3) is 6.48 Å². The van der Waals surface area contributed by atoms with Gasteiger partial charge in [0.1, 0.15) is 5.75 Å². The summed E-state index contributed by atoms with van der Waals surface area (Å²) < 4.78 is 34.6. The molecule has 0 amide bonds. The average Bonchev–Trinajstić information content (AvgIpc) is 3.19. The summed E-state index contributed by atoms with van der Waals surface area (Å²) in [5.41, 5.74) is 3.03. The summed E-state index contributed by atoms with van der Waals surface area (Å²) in [7, 11) is 0.145. The van der Waals surface area contributed by atoms with Crippen LogP contribution in [0.3, 0.4) is 0 Å². The molecule has 1 atom stereocenters. The monoisotopic (exact) mass is 439 g/mol. The van der Waals surface area contributed by atoms with Crippen LogP contribution < -0.4 is 39.3 Å². The van der Waals surface area contributed by atoms with Gasteiger partial charge in [0, 0.05) is 29.9 Å². The van der Waals surface area contributed by atoms with Crippen molar-refractivity contribution in [3.05, 3.63) is 47.8 Å². The van der Waals surface area contributed by atoms with Crippen LogP contribution in [0.25, 0.3) is 11.0 Å². The van der Waals surface area contributed by atoms with Gasteiger partial charge in [0.15, 0.2) is 0 Å². The summed E-state index contributed by atoms with van der Waals surface area (Å²) >= 11 is 0. The maximum atomic E-state index is 12.8. The normalized spacial score (nSPS) is 19.9. The Kier molecular flexibility index (Phi) is 8.41. The Morgan fingerprint density at radius 2 is 2.00 bits per heavy atom. The molecule has 0 bridgehead atoms. The molecule has 2 aromatic heterocycles. The standard InChI is InChI=1S/C20H22N3O5S.Na/c1-13-17(12-29(24)19-22-15-5-3-4-6-16(15)23-19)21-8-7-18(13)26-9-14-10-27-20(25-2)28-11-14;/h3-8,14,20H,9-12H2,1-2H3;/q-1;+1. The third kappa shape index (κ3) is 5.47. The second kappa shape index (κ2) is 10.8. The number of ether oxygens (including phenoxy) is 4. The molecule has 8 nitrogen and oxygen atoms in total. The summed E-state index contributed by atoms with van der Waals surface area (Å²) in [5.74, 6) is 1.04. The molecule has 0 spiro atoms. The van der Waals surface area contributed by atoms with E-state index in [1.54, 1.807) is 12.3 Å². The molecule has 3 aromatic rings. The van der Waals surface area contributed by atoms with Crippen molar-refractivity contribution in [1.29, 1.82) is 0 Å². The largest absolute Gasteiger partial charge is 1.00 e. The molecule has 154 valence electrons. The van der Waals surface area contributed by atoms with E-state index in [1.165, 1.54) is 7.11 Å². The first-order valence-corrected chi connectivity index (χ1v) is 10.6. The smallest absolute Gasteiger partial charge is 0.493 e. The molecular formula is C20H22N3NaO5S. The van der Waals surface area contributed by atoms with E-state index < -0.39 is 17.3 Å². The van der Waals surface area contributed by atoms with Gasteiger partial charge >= 0.3 is 29.6 Å². The van der Waals surface area contributed by atoms with Crippen molar-refractivity contribution in [2.24, 2.45) is 5.92 Å². The topological polar surface area (TPSA) is 93.9 Å². The van der Waals surface area contributed by atoms with Crippen molar-refractivity contribution < 1.29 is 52.7 Å². The van der Waals surface area contributed by atoms with E-state index in [-0.39, 0.29) is 41.2 Å². The van der Waals surface area contributed by atoms with E-state index in [9.17, 15) is 4.21 Å². The summed E-state index contributed by atoms with van der Waals surface area (Å²) in [6.07, 6.45) is 1.66. The first-order valence-electron chi connectivity index (χ1n) is 9.25. The fourth-order valence-electron chi connectivity index (χ4n) is 3.00. The van der Waals surface area contributed by atoms with Gasteiger partial charge in [-0.1, -0.05) is 24.3 Å². The molecule has 10 heteroatoms. The Morgan fingerprint density at radius 3 is 2.73 bits per heavy atom. The SMILES string of the molecule is COC1OCC(COc2ccnc(CS(=O)c3nc4ccccc4[n-]3)c2C)CO1.[Na+]. The number of imidazole rings is 1. The van der Waals surface area contributed by atoms with Gasteiger partial charge in [-0.2, -0.15) is 0 Å². The number of hydrogen-bond acceptors (Lipinski definition) is 7. The summed E-state index contributed by atoms with van der Waals surface area (Å²) in [5, 5.41) is 0.322. The molecular weight excluding hydrogens is 417 g/mol. The quantitative estimate of drug-likeness (QED) is 0.441. The molecule has 0 saturated carbocycles. The average molecular weight is 439 g/mol. The van der Waals surface area contributed by atoms with Crippen LogP contribution in [0.5, 0.6) is 5.75 Å². The Hall–Kier alpha value is -1.33. The van der Waals surface area contributed by atoms with Crippen LogP contribution in [0.15, 0.2) is 41.7 Å². The van der Waals surface area contributed by atoms with E-state index in [4.69, 9.17) is 18.9 Å². The van der Waals surface area contributed by atoms with E-state index in [0.29, 0.717) is 36.4 Å². The Labute approximate surface area is 199 Å². The van der Waals surface area contributed by atoms with E-state index in [1.807, 2.05) is 31.2 Å². The van der Waals surface area contributed by atoms with Crippen LogP contribution in [-0.4, -0.2) is 47.6 Å². The first-order chi connectivity index (χ1) is 14.1. The van der Waals surface area contributed by atoms with Gasteiger partial charge in [-0.3, -0.25) is 9.19 Å². The van der Waals surface area contributed by atoms with Gasteiger partial charge in [-0.25, -0.2) is 0 Å². The van der Waals surface area contributed by atoms with E-state index in [0.717, 1.165) is 16.6 Å². The van der Waals surface area contributed by atoms with Crippen molar-refractivity contribution in [2.45, 2.75) is 24.3 Å². The minimum absolute atomic E-state index is 0. The molecule has 1 saturated heterocycles. The van der Waals surface area contributed by atoms with Crippen LogP contribution in [-0.2, 0) is 30.8 Å². The maximum Gasteiger partial charge on any atom is 1.00 e. The molecule has 0 aliphatic carbocycles. The first kappa shape index (κ1) is 23.3. The molecule has 0 N–H and O–H groups in total. The second-order valence-corrected chi connectivity index (χ2v) is 8.08. The Balaban J connectivity index is 0.00000256. The van der Waals surface area contributed by atoms with Crippen LogP contribution in [0.4, 0.5) is 0 Å². The van der Waals surface area contributed by atoms with Crippen molar-refractivity contribution in [1.82, 2.24) is 15.0 Å². The Bertz CT molecular complexity index is 974. The number of benzene rings is 1. The van der Waals surface area contributed by atoms with E-state index >= 15 is 0 Å². The molecule has 30 heavy (non-hydrogen) atoms. The predicted octanol–water partition coefficient (Wildman–Crippen LogP) is -0.821. The van der Waals surface area contributed by atoms with Crippen molar-refractivity contribution >= 4 is 21.8 Å². The number of rotatable bonds is 7. The summed E-state index contributed by atoms with van der Waals surface area (Å²) in [6, 6.07) is 9.28. The number of pyridine rings is 1. The fourth-order valence-corrected chi connectivity index (χ4v) is 4.07. The van der Waals surface area contributed by atoms with Crippen molar-refractivity contribution in [3.63, 3.8) is 0 Å². The van der Waals surface area contributed by atoms with Gasteiger partial charge in [0.05, 0.1) is 42.1 Å². The van der Waals surface area contributed by atoms with Gasteiger partial charge in [-0.15, -0.1) is 0 Å². The number of aromatic nitrogens is 3. The minimum atomic E-state index is -1.39. The van der Waals surface area contributed by atoms with Crippen molar-refractivity contribution in [2.75, 3.05) is 26.9 Å².